The number of para-hydroxylation sites is 1. The number of benzene rings is 3. The molecule has 0 aliphatic rings. The molecule has 166 valence electrons. The van der Waals surface area contributed by atoms with Gasteiger partial charge in [0.05, 0.1) is 5.92 Å². The van der Waals surface area contributed by atoms with Crippen LogP contribution in [-0.4, -0.2) is 5.97 Å². The van der Waals surface area contributed by atoms with E-state index in [0.717, 1.165) is 15.0 Å². The van der Waals surface area contributed by atoms with Gasteiger partial charge in [-0.25, -0.2) is 4.39 Å². The highest BCUT2D eigenvalue weighted by Crippen LogP contribution is 2.37. The van der Waals surface area contributed by atoms with Gasteiger partial charge in [-0.1, -0.05) is 44.2 Å². The van der Waals surface area contributed by atoms with Crippen molar-refractivity contribution in [1.82, 2.24) is 0 Å². The molecule has 33 heavy (non-hydrogen) atoms. The number of carbonyl (C=O) groups is 1. The van der Waals surface area contributed by atoms with Crippen LogP contribution in [0, 0.1) is 23.1 Å². The van der Waals surface area contributed by atoms with E-state index in [2.05, 4.69) is 6.07 Å². The molecule has 0 saturated carbocycles. The molecule has 6 heteroatoms. The van der Waals surface area contributed by atoms with Gasteiger partial charge in [-0.15, -0.1) is 11.3 Å². The van der Waals surface area contributed by atoms with Gasteiger partial charge in [-0.2, -0.15) is 5.26 Å². The molecule has 0 bridgehead atoms. The van der Waals surface area contributed by atoms with E-state index < -0.39 is 18.0 Å². The lowest BCUT2D eigenvalue weighted by Crippen LogP contribution is -2.22. The lowest BCUT2D eigenvalue weighted by atomic mass is 9.94. The van der Waals surface area contributed by atoms with Gasteiger partial charge in [0.2, 0.25) is 6.10 Å². The zero-order chi connectivity index (χ0) is 23.4. The topological polar surface area (TPSA) is 59.3 Å². The summed E-state index contributed by atoms with van der Waals surface area (Å²) in [6, 6.07) is 24.7. The first kappa shape index (κ1) is 22.5. The summed E-state index contributed by atoms with van der Waals surface area (Å²) >= 11 is 1.43. The zero-order valence-electron chi connectivity index (χ0n) is 18.2. The molecule has 4 aromatic rings. The minimum Gasteiger partial charge on any atom is -0.457 e. The molecule has 0 radical (unpaired) electrons. The molecular formula is C27H22FNO3S. The highest BCUT2D eigenvalue weighted by atomic mass is 32.1. The van der Waals surface area contributed by atoms with Crippen LogP contribution in [0.3, 0.4) is 0 Å². The summed E-state index contributed by atoms with van der Waals surface area (Å²) in [5.41, 5.74) is 0.528. The normalized spacial score (nSPS) is 12.8. The predicted octanol–water partition coefficient (Wildman–Crippen LogP) is 7.38. The Labute approximate surface area is 195 Å². The summed E-state index contributed by atoms with van der Waals surface area (Å²) in [7, 11) is 0. The third-order valence-electron chi connectivity index (χ3n) is 5.22. The molecule has 1 heterocycles. The molecule has 4 nitrogen and oxygen atoms in total. The Bertz CT molecular complexity index is 1310. The van der Waals surface area contributed by atoms with Gasteiger partial charge >= 0.3 is 5.97 Å². The Kier molecular flexibility index (Phi) is 6.71. The van der Waals surface area contributed by atoms with E-state index in [-0.39, 0.29) is 11.7 Å². The number of hydrogen-bond donors (Lipinski definition) is 0. The molecule has 1 aromatic heterocycles. The molecule has 2 atom stereocenters. The summed E-state index contributed by atoms with van der Waals surface area (Å²) in [4.78, 5) is 14.0. The van der Waals surface area contributed by atoms with Crippen molar-refractivity contribution in [3.8, 4) is 17.6 Å². The van der Waals surface area contributed by atoms with Crippen molar-refractivity contribution in [1.29, 1.82) is 5.26 Å². The van der Waals surface area contributed by atoms with Gasteiger partial charge in [0.15, 0.2) is 0 Å². The minimum absolute atomic E-state index is 0.0671. The lowest BCUT2D eigenvalue weighted by molar-refractivity contribution is -0.149. The number of hydrogen-bond acceptors (Lipinski definition) is 5. The van der Waals surface area contributed by atoms with Crippen molar-refractivity contribution in [2.24, 2.45) is 5.92 Å². The van der Waals surface area contributed by atoms with E-state index >= 15 is 0 Å². The summed E-state index contributed by atoms with van der Waals surface area (Å²) in [5, 5.41) is 10.5. The van der Waals surface area contributed by atoms with Crippen LogP contribution in [0.25, 0.3) is 10.1 Å². The fourth-order valence-electron chi connectivity index (χ4n) is 3.63. The number of rotatable bonds is 7. The quantitative estimate of drug-likeness (QED) is 0.271. The van der Waals surface area contributed by atoms with Crippen LogP contribution in [-0.2, 0) is 9.53 Å². The van der Waals surface area contributed by atoms with E-state index in [1.165, 1.54) is 23.5 Å². The van der Waals surface area contributed by atoms with Crippen LogP contribution in [0.1, 0.15) is 36.3 Å². The maximum absolute atomic E-state index is 13.6. The zero-order valence-corrected chi connectivity index (χ0v) is 19.0. The highest BCUT2D eigenvalue weighted by molar-refractivity contribution is 7.19. The second kappa shape index (κ2) is 9.85. The van der Waals surface area contributed by atoms with Gasteiger partial charge in [0.1, 0.15) is 23.4 Å². The smallest absolute Gasteiger partial charge is 0.316 e. The number of fused-ring (bicyclic) bond motifs is 1. The molecule has 0 aliphatic carbocycles. The number of thiophene rings is 1. The summed E-state index contributed by atoms with van der Waals surface area (Å²) in [6.45, 7) is 3.85. The molecule has 2 unspecified atom stereocenters. The summed E-state index contributed by atoms with van der Waals surface area (Å²) < 4.78 is 26.0. The molecule has 0 N–H and O–H groups in total. The fraction of sp³-hybridized carbons (Fsp3) is 0.185. The Balaban J connectivity index is 1.55. The van der Waals surface area contributed by atoms with Gasteiger partial charge < -0.3 is 9.47 Å². The van der Waals surface area contributed by atoms with Crippen LogP contribution in [0.5, 0.6) is 11.5 Å². The molecule has 0 saturated heterocycles. The maximum atomic E-state index is 13.6. The Morgan fingerprint density at radius 2 is 1.73 bits per heavy atom. The number of nitrogens with zero attached hydrogens (tertiary/aromatic N) is 1. The molecular weight excluding hydrogens is 437 g/mol. The van der Waals surface area contributed by atoms with Gasteiger partial charge in [-0.3, -0.25) is 4.79 Å². The number of ether oxygens (including phenoxy) is 2. The average Bonchev–Trinajstić information content (AvgIpc) is 3.20. The average molecular weight is 460 g/mol. The predicted molar refractivity (Wildman–Crippen MR) is 127 cm³/mol. The second-order valence-electron chi connectivity index (χ2n) is 7.99. The van der Waals surface area contributed by atoms with Crippen LogP contribution < -0.4 is 4.74 Å². The number of esters is 1. The van der Waals surface area contributed by atoms with Crippen LogP contribution in [0.4, 0.5) is 4.39 Å². The fourth-order valence-corrected chi connectivity index (χ4v) is 4.94. The van der Waals surface area contributed by atoms with Gasteiger partial charge in [0.25, 0.3) is 0 Å². The monoisotopic (exact) mass is 459 g/mol. The molecule has 0 amide bonds. The van der Waals surface area contributed by atoms with Crippen molar-refractivity contribution in [2.45, 2.75) is 25.9 Å². The first-order valence-electron chi connectivity index (χ1n) is 10.6. The van der Waals surface area contributed by atoms with Crippen LogP contribution >= 0.6 is 11.3 Å². The molecule has 0 spiro atoms. The minimum atomic E-state index is -1.08. The van der Waals surface area contributed by atoms with E-state index in [4.69, 9.17) is 9.47 Å². The summed E-state index contributed by atoms with van der Waals surface area (Å²) in [5.74, 6) is -0.230. The van der Waals surface area contributed by atoms with Gasteiger partial charge in [0, 0.05) is 15.1 Å². The molecule has 3 aromatic carbocycles. The maximum Gasteiger partial charge on any atom is 0.316 e. The molecule has 4 rings (SSSR count). The van der Waals surface area contributed by atoms with E-state index in [1.807, 2.05) is 50.2 Å². The number of halogens is 1. The van der Waals surface area contributed by atoms with Crippen LogP contribution in [0.2, 0.25) is 0 Å². The Morgan fingerprint density at radius 1 is 0.970 bits per heavy atom. The third kappa shape index (κ3) is 5.21. The first-order chi connectivity index (χ1) is 15.9. The third-order valence-corrected chi connectivity index (χ3v) is 6.41. The molecule has 0 fully saturated rings. The lowest BCUT2D eigenvalue weighted by Gasteiger charge is -2.20. The second-order valence-corrected chi connectivity index (χ2v) is 9.10. The Morgan fingerprint density at radius 3 is 2.45 bits per heavy atom. The SMILES string of the molecule is CC(C)C(C(=O)OC(C#N)c1cccc(Oc2ccccc2)c1)c1cc2cc(F)ccc2s1. The first-order valence-corrected chi connectivity index (χ1v) is 11.4. The number of carbonyl (C=O) groups excluding carboxylic acids is 1. The van der Waals surface area contributed by atoms with Crippen molar-refractivity contribution < 1.29 is 18.7 Å². The van der Waals surface area contributed by atoms with E-state index in [1.54, 1.807) is 30.3 Å². The van der Waals surface area contributed by atoms with Gasteiger partial charge in [-0.05, 0) is 59.8 Å². The number of nitriles is 1. The Hall–Kier alpha value is -3.69. The van der Waals surface area contributed by atoms with Crippen molar-refractivity contribution >= 4 is 27.4 Å². The van der Waals surface area contributed by atoms with Crippen molar-refractivity contribution in [2.75, 3.05) is 0 Å². The van der Waals surface area contributed by atoms with Crippen molar-refractivity contribution in [3.05, 3.63) is 95.1 Å². The van der Waals surface area contributed by atoms with E-state index in [9.17, 15) is 14.4 Å². The van der Waals surface area contributed by atoms with Crippen molar-refractivity contribution in [3.63, 3.8) is 0 Å². The standard InChI is InChI=1S/C27H22FNO3S/c1-17(2)26(25-15-19-13-20(28)11-12-24(19)33-25)27(30)32-23(16-29)18-7-6-10-22(14-18)31-21-8-4-3-5-9-21/h3-15,17,23,26H,1-2H3. The largest absolute Gasteiger partial charge is 0.457 e. The van der Waals surface area contributed by atoms with Crippen LogP contribution in [0.15, 0.2) is 78.9 Å². The summed E-state index contributed by atoms with van der Waals surface area (Å²) in [6.07, 6.45) is -1.08. The molecule has 0 aliphatic heterocycles. The van der Waals surface area contributed by atoms with E-state index in [0.29, 0.717) is 17.1 Å². The highest BCUT2D eigenvalue weighted by Gasteiger charge is 2.30.